The highest BCUT2D eigenvalue weighted by Gasteiger charge is 2.29. The molecule has 0 radical (unpaired) electrons. The second-order valence-corrected chi connectivity index (χ2v) is 7.74. The SMILES string of the molecule is Clc1cc(N2CCC(OCC3CCCC3)CC2)nc(C2CC2)n1. The van der Waals surface area contributed by atoms with Gasteiger partial charge in [-0.3, -0.25) is 0 Å². The number of rotatable bonds is 5. The van der Waals surface area contributed by atoms with E-state index in [0.29, 0.717) is 17.2 Å². The Labute approximate surface area is 143 Å². The first-order chi connectivity index (χ1) is 11.3. The minimum atomic E-state index is 0.423. The van der Waals surface area contributed by atoms with Gasteiger partial charge in [0, 0.05) is 31.7 Å². The zero-order valence-corrected chi connectivity index (χ0v) is 14.5. The molecule has 2 aliphatic carbocycles. The summed E-state index contributed by atoms with van der Waals surface area (Å²) in [5.74, 6) is 3.29. The summed E-state index contributed by atoms with van der Waals surface area (Å²) in [5, 5.41) is 0.580. The summed E-state index contributed by atoms with van der Waals surface area (Å²) >= 11 is 6.19. The predicted molar refractivity (Wildman–Crippen MR) is 92.2 cm³/mol. The van der Waals surface area contributed by atoms with Crippen LogP contribution in [-0.4, -0.2) is 35.8 Å². The summed E-state index contributed by atoms with van der Waals surface area (Å²) in [4.78, 5) is 11.5. The van der Waals surface area contributed by atoms with E-state index in [2.05, 4.69) is 9.88 Å². The van der Waals surface area contributed by atoms with Gasteiger partial charge in [-0.15, -0.1) is 0 Å². The number of nitrogens with zero attached hydrogens (tertiary/aromatic N) is 3. The third-order valence-electron chi connectivity index (χ3n) is 5.45. The monoisotopic (exact) mass is 335 g/mol. The number of hydrogen-bond acceptors (Lipinski definition) is 4. The van der Waals surface area contributed by atoms with Crippen LogP contribution in [0.3, 0.4) is 0 Å². The van der Waals surface area contributed by atoms with E-state index in [4.69, 9.17) is 21.3 Å². The molecule has 0 aromatic carbocycles. The average molecular weight is 336 g/mol. The Kier molecular flexibility index (Phi) is 4.72. The van der Waals surface area contributed by atoms with Gasteiger partial charge < -0.3 is 9.64 Å². The fourth-order valence-electron chi connectivity index (χ4n) is 3.81. The van der Waals surface area contributed by atoms with Gasteiger partial charge in [0.1, 0.15) is 16.8 Å². The minimum absolute atomic E-state index is 0.423. The van der Waals surface area contributed by atoms with Gasteiger partial charge >= 0.3 is 0 Å². The fourth-order valence-corrected chi connectivity index (χ4v) is 3.99. The first-order valence-electron chi connectivity index (χ1n) is 9.19. The number of ether oxygens (including phenoxy) is 1. The molecule has 0 spiro atoms. The summed E-state index contributed by atoms with van der Waals surface area (Å²) in [6, 6.07) is 1.91. The van der Waals surface area contributed by atoms with Crippen LogP contribution >= 0.6 is 11.6 Å². The molecule has 3 fully saturated rings. The van der Waals surface area contributed by atoms with Gasteiger partial charge in [0.2, 0.25) is 0 Å². The molecule has 0 bridgehead atoms. The Morgan fingerprint density at radius 1 is 1.04 bits per heavy atom. The number of piperidine rings is 1. The van der Waals surface area contributed by atoms with Gasteiger partial charge in [-0.2, -0.15) is 0 Å². The molecule has 1 aromatic rings. The molecule has 0 unspecified atom stereocenters. The first kappa shape index (κ1) is 15.6. The third-order valence-corrected chi connectivity index (χ3v) is 5.64. The van der Waals surface area contributed by atoms with Gasteiger partial charge in [0.05, 0.1) is 6.10 Å². The molecule has 2 heterocycles. The van der Waals surface area contributed by atoms with Crippen molar-refractivity contribution in [3.63, 3.8) is 0 Å². The Balaban J connectivity index is 1.30. The second-order valence-electron chi connectivity index (χ2n) is 7.35. The fraction of sp³-hybridized carbons (Fsp3) is 0.778. The van der Waals surface area contributed by atoms with E-state index < -0.39 is 0 Å². The van der Waals surface area contributed by atoms with Gasteiger partial charge in [0.15, 0.2) is 0 Å². The van der Waals surface area contributed by atoms with E-state index >= 15 is 0 Å². The maximum atomic E-state index is 6.19. The minimum Gasteiger partial charge on any atom is -0.378 e. The lowest BCUT2D eigenvalue weighted by atomic mass is 10.1. The normalized spacial score (nSPS) is 23.6. The molecule has 1 aliphatic heterocycles. The van der Waals surface area contributed by atoms with E-state index in [1.807, 2.05) is 6.07 Å². The number of halogens is 1. The van der Waals surface area contributed by atoms with Crippen molar-refractivity contribution in [3.8, 4) is 0 Å². The molecular weight excluding hydrogens is 310 g/mol. The molecule has 0 atom stereocenters. The Hall–Kier alpha value is -0.870. The van der Waals surface area contributed by atoms with E-state index in [1.54, 1.807) is 0 Å². The Morgan fingerprint density at radius 3 is 2.48 bits per heavy atom. The van der Waals surface area contributed by atoms with E-state index in [0.717, 1.165) is 50.1 Å². The molecule has 5 heteroatoms. The highest BCUT2D eigenvalue weighted by atomic mass is 35.5. The molecule has 0 amide bonds. The maximum absolute atomic E-state index is 6.19. The van der Waals surface area contributed by atoms with Crippen LogP contribution in [0.5, 0.6) is 0 Å². The van der Waals surface area contributed by atoms with Crippen LogP contribution < -0.4 is 4.90 Å². The van der Waals surface area contributed by atoms with Crippen molar-refractivity contribution in [2.75, 3.05) is 24.6 Å². The van der Waals surface area contributed by atoms with Gasteiger partial charge in [-0.25, -0.2) is 9.97 Å². The first-order valence-corrected chi connectivity index (χ1v) is 9.57. The number of anilines is 1. The average Bonchev–Trinajstić information content (AvgIpc) is 3.29. The zero-order valence-electron chi connectivity index (χ0n) is 13.7. The molecule has 4 nitrogen and oxygen atoms in total. The number of hydrogen-bond donors (Lipinski definition) is 0. The van der Waals surface area contributed by atoms with Gasteiger partial charge in [0.25, 0.3) is 0 Å². The van der Waals surface area contributed by atoms with Crippen molar-refractivity contribution in [2.45, 2.75) is 63.4 Å². The van der Waals surface area contributed by atoms with Crippen LogP contribution in [0, 0.1) is 5.92 Å². The Bertz CT molecular complexity index is 535. The van der Waals surface area contributed by atoms with Crippen LogP contribution in [0.4, 0.5) is 5.82 Å². The largest absolute Gasteiger partial charge is 0.378 e. The second kappa shape index (κ2) is 6.94. The molecular formula is C18H26ClN3O. The summed E-state index contributed by atoms with van der Waals surface area (Å²) in [6.45, 7) is 2.98. The van der Waals surface area contributed by atoms with Crippen molar-refractivity contribution in [2.24, 2.45) is 5.92 Å². The summed E-state index contributed by atoms with van der Waals surface area (Å²) in [7, 11) is 0. The molecule has 0 N–H and O–H groups in total. The molecule has 1 saturated heterocycles. The van der Waals surface area contributed by atoms with Crippen molar-refractivity contribution in [1.82, 2.24) is 9.97 Å². The summed E-state index contributed by atoms with van der Waals surface area (Å²) < 4.78 is 6.16. The standard InChI is InChI=1S/C18H26ClN3O/c19-16-11-17(21-18(20-16)14-5-6-14)22-9-7-15(8-10-22)23-12-13-3-1-2-4-13/h11,13-15H,1-10,12H2. The topological polar surface area (TPSA) is 38.2 Å². The lowest BCUT2D eigenvalue weighted by Gasteiger charge is -2.33. The lowest BCUT2D eigenvalue weighted by molar-refractivity contribution is 0.0164. The maximum Gasteiger partial charge on any atom is 0.135 e. The van der Waals surface area contributed by atoms with Crippen LogP contribution in [0.1, 0.15) is 63.1 Å². The molecule has 3 aliphatic rings. The van der Waals surface area contributed by atoms with Crippen LogP contribution in [-0.2, 0) is 4.74 Å². The smallest absolute Gasteiger partial charge is 0.135 e. The van der Waals surface area contributed by atoms with Crippen molar-refractivity contribution >= 4 is 17.4 Å². The molecule has 2 saturated carbocycles. The van der Waals surface area contributed by atoms with Gasteiger partial charge in [-0.05, 0) is 44.4 Å². The summed E-state index contributed by atoms with van der Waals surface area (Å²) in [6.07, 6.45) is 10.5. The Morgan fingerprint density at radius 2 is 1.78 bits per heavy atom. The number of aromatic nitrogens is 2. The molecule has 126 valence electrons. The molecule has 1 aromatic heterocycles. The van der Waals surface area contributed by atoms with Crippen molar-refractivity contribution in [3.05, 3.63) is 17.0 Å². The van der Waals surface area contributed by atoms with E-state index in [9.17, 15) is 0 Å². The van der Waals surface area contributed by atoms with Crippen molar-refractivity contribution < 1.29 is 4.74 Å². The lowest BCUT2D eigenvalue weighted by Crippen LogP contribution is -2.38. The van der Waals surface area contributed by atoms with Gasteiger partial charge in [-0.1, -0.05) is 24.4 Å². The molecule has 23 heavy (non-hydrogen) atoms. The van der Waals surface area contributed by atoms with Crippen molar-refractivity contribution in [1.29, 1.82) is 0 Å². The van der Waals surface area contributed by atoms with Crippen LogP contribution in [0.2, 0.25) is 5.15 Å². The molecule has 4 rings (SSSR count). The van der Waals surface area contributed by atoms with E-state index in [1.165, 1.54) is 38.5 Å². The highest BCUT2D eigenvalue weighted by Crippen LogP contribution is 2.39. The quantitative estimate of drug-likeness (QED) is 0.756. The highest BCUT2D eigenvalue weighted by molar-refractivity contribution is 6.29. The summed E-state index contributed by atoms with van der Waals surface area (Å²) in [5.41, 5.74) is 0. The van der Waals surface area contributed by atoms with Crippen LogP contribution in [0.15, 0.2) is 6.07 Å². The third kappa shape index (κ3) is 3.97. The van der Waals surface area contributed by atoms with Crippen LogP contribution in [0.25, 0.3) is 0 Å². The predicted octanol–water partition coefficient (Wildman–Crippen LogP) is 4.18. The van der Waals surface area contributed by atoms with E-state index in [-0.39, 0.29) is 0 Å². The zero-order chi connectivity index (χ0) is 15.6.